The summed E-state index contributed by atoms with van der Waals surface area (Å²) in [5, 5.41) is 7.82. The number of anilines is 2. The Morgan fingerprint density at radius 3 is 2.87 bits per heavy atom. The second-order valence-electron chi connectivity index (χ2n) is 4.41. The number of rotatable bonds is 5. The zero-order valence-electron chi connectivity index (χ0n) is 9.58. The van der Waals surface area contributed by atoms with Crippen LogP contribution in [0.25, 0.3) is 0 Å². The molecule has 4 nitrogen and oxygen atoms in total. The highest BCUT2D eigenvalue weighted by Crippen LogP contribution is 2.30. The van der Waals surface area contributed by atoms with E-state index in [9.17, 15) is 0 Å². The van der Waals surface area contributed by atoms with Gasteiger partial charge < -0.3 is 11.1 Å². The lowest BCUT2D eigenvalue weighted by Crippen LogP contribution is -2.09. The third-order valence-corrected chi connectivity index (χ3v) is 2.90. The summed E-state index contributed by atoms with van der Waals surface area (Å²) in [7, 11) is 1.95. The van der Waals surface area contributed by atoms with Crippen LogP contribution in [0.15, 0.2) is 0 Å². The van der Waals surface area contributed by atoms with Gasteiger partial charge >= 0.3 is 0 Å². The van der Waals surface area contributed by atoms with E-state index >= 15 is 0 Å². The van der Waals surface area contributed by atoms with Crippen molar-refractivity contribution in [3.8, 4) is 0 Å². The fourth-order valence-corrected chi connectivity index (χ4v) is 1.79. The molecular weight excluding hydrogens is 188 g/mol. The van der Waals surface area contributed by atoms with Gasteiger partial charge in [0.25, 0.3) is 0 Å². The molecule has 0 atom stereocenters. The first kappa shape index (κ1) is 10.3. The lowest BCUT2D eigenvalue weighted by molar-refractivity contribution is 0.731. The van der Waals surface area contributed by atoms with E-state index in [1.807, 2.05) is 11.7 Å². The molecular formula is C11H20N4. The Morgan fingerprint density at radius 2 is 2.27 bits per heavy atom. The Labute approximate surface area is 90.8 Å². The summed E-state index contributed by atoms with van der Waals surface area (Å²) in [5.41, 5.74) is 7.91. The van der Waals surface area contributed by atoms with Gasteiger partial charge in [-0.15, -0.1) is 0 Å². The number of hydrogen-bond donors (Lipinski definition) is 2. The quantitative estimate of drug-likeness (QED) is 0.775. The highest BCUT2D eigenvalue weighted by atomic mass is 15.3. The van der Waals surface area contributed by atoms with E-state index in [1.165, 1.54) is 12.8 Å². The van der Waals surface area contributed by atoms with Crippen molar-refractivity contribution in [2.45, 2.75) is 32.6 Å². The Bertz CT molecular complexity index is 339. The molecule has 15 heavy (non-hydrogen) atoms. The molecule has 1 saturated carbocycles. The van der Waals surface area contributed by atoms with E-state index in [0.717, 1.165) is 42.5 Å². The van der Waals surface area contributed by atoms with Gasteiger partial charge in [-0.05, 0) is 25.2 Å². The predicted octanol–water partition coefficient (Wildman–Crippen LogP) is 1.78. The number of hydrogen-bond acceptors (Lipinski definition) is 3. The fraction of sp³-hybridized carbons (Fsp3) is 0.727. The van der Waals surface area contributed by atoms with Gasteiger partial charge in [-0.25, -0.2) is 0 Å². The zero-order chi connectivity index (χ0) is 10.8. The Morgan fingerprint density at radius 1 is 1.53 bits per heavy atom. The van der Waals surface area contributed by atoms with Crippen molar-refractivity contribution in [1.29, 1.82) is 0 Å². The van der Waals surface area contributed by atoms with Crippen molar-refractivity contribution in [2.75, 3.05) is 17.6 Å². The van der Waals surface area contributed by atoms with Crippen LogP contribution in [-0.4, -0.2) is 16.3 Å². The first-order chi connectivity index (χ1) is 7.22. The van der Waals surface area contributed by atoms with E-state index in [2.05, 4.69) is 17.3 Å². The molecule has 4 heteroatoms. The number of nitrogens with zero attached hydrogens (tertiary/aromatic N) is 2. The van der Waals surface area contributed by atoms with Crippen molar-refractivity contribution in [3.05, 3.63) is 5.69 Å². The average molecular weight is 208 g/mol. The molecule has 2 rings (SSSR count). The third kappa shape index (κ3) is 2.25. The van der Waals surface area contributed by atoms with E-state index in [1.54, 1.807) is 0 Å². The standard InChI is InChI=1S/C11H20N4/c1-3-4-9-10(12)11(15(2)14-9)13-7-8-5-6-8/h8,13H,3-7,12H2,1-2H3. The average Bonchev–Trinajstić information content (AvgIpc) is 2.97. The van der Waals surface area contributed by atoms with Crippen LogP contribution in [0.5, 0.6) is 0 Å². The topological polar surface area (TPSA) is 55.9 Å². The van der Waals surface area contributed by atoms with Gasteiger partial charge in [-0.2, -0.15) is 5.10 Å². The maximum Gasteiger partial charge on any atom is 0.147 e. The summed E-state index contributed by atoms with van der Waals surface area (Å²) in [4.78, 5) is 0. The summed E-state index contributed by atoms with van der Waals surface area (Å²) in [6, 6.07) is 0. The molecule has 0 unspecified atom stereocenters. The lowest BCUT2D eigenvalue weighted by Gasteiger charge is -2.06. The summed E-state index contributed by atoms with van der Waals surface area (Å²) < 4.78 is 1.86. The molecule has 0 saturated heterocycles. The minimum Gasteiger partial charge on any atom is -0.394 e. The Hall–Kier alpha value is -1.19. The molecule has 1 aliphatic rings. The Kier molecular flexibility index (Phi) is 2.84. The van der Waals surface area contributed by atoms with Crippen LogP contribution >= 0.6 is 0 Å². The fourth-order valence-electron chi connectivity index (χ4n) is 1.79. The van der Waals surface area contributed by atoms with Gasteiger partial charge in [-0.1, -0.05) is 13.3 Å². The minimum atomic E-state index is 0.833. The van der Waals surface area contributed by atoms with Crippen molar-refractivity contribution in [1.82, 2.24) is 9.78 Å². The SMILES string of the molecule is CCCc1nn(C)c(NCC2CC2)c1N. The monoisotopic (exact) mass is 208 g/mol. The van der Waals surface area contributed by atoms with Crippen LogP contribution in [-0.2, 0) is 13.5 Å². The normalized spacial score (nSPS) is 15.6. The molecule has 0 aliphatic heterocycles. The maximum atomic E-state index is 6.05. The molecule has 84 valence electrons. The van der Waals surface area contributed by atoms with Crippen LogP contribution in [0.2, 0.25) is 0 Å². The van der Waals surface area contributed by atoms with Crippen LogP contribution in [0, 0.1) is 5.92 Å². The molecule has 0 spiro atoms. The summed E-state index contributed by atoms with van der Waals surface area (Å²) in [6.45, 7) is 3.18. The van der Waals surface area contributed by atoms with Crippen molar-refractivity contribution in [3.63, 3.8) is 0 Å². The minimum absolute atomic E-state index is 0.833. The number of nitrogens with two attached hydrogens (primary N) is 1. The third-order valence-electron chi connectivity index (χ3n) is 2.90. The van der Waals surface area contributed by atoms with Gasteiger partial charge in [-0.3, -0.25) is 4.68 Å². The van der Waals surface area contributed by atoms with Crippen LogP contribution in [0.1, 0.15) is 31.9 Å². The van der Waals surface area contributed by atoms with E-state index < -0.39 is 0 Å². The molecule has 0 bridgehead atoms. The molecule has 1 fully saturated rings. The summed E-state index contributed by atoms with van der Waals surface area (Å²) >= 11 is 0. The molecule has 0 amide bonds. The van der Waals surface area contributed by atoms with E-state index in [0.29, 0.717) is 0 Å². The first-order valence-corrected chi connectivity index (χ1v) is 5.77. The molecule has 1 aliphatic carbocycles. The first-order valence-electron chi connectivity index (χ1n) is 5.77. The number of nitrogens with one attached hydrogen (secondary N) is 1. The molecule has 1 aromatic rings. The van der Waals surface area contributed by atoms with Gasteiger partial charge in [0.05, 0.1) is 11.4 Å². The predicted molar refractivity (Wildman–Crippen MR) is 62.8 cm³/mol. The van der Waals surface area contributed by atoms with Gasteiger partial charge in [0, 0.05) is 13.6 Å². The number of aromatic nitrogens is 2. The largest absolute Gasteiger partial charge is 0.394 e. The van der Waals surface area contributed by atoms with Crippen LogP contribution in [0.3, 0.4) is 0 Å². The number of nitrogen functional groups attached to an aromatic ring is 1. The summed E-state index contributed by atoms with van der Waals surface area (Å²) in [5.74, 6) is 1.85. The molecule has 0 radical (unpaired) electrons. The highest BCUT2D eigenvalue weighted by Gasteiger charge is 2.22. The van der Waals surface area contributed by atoms with Crippen LogP contribution in [0.4, 0.5) is 11.5 Å². The maximum absolute atomic E-state index is 6.05. The highest BCUT2D eigenvalue weighted by molar-refractivity contribution is 5.65. The van der Waals surface area contributed by atoms with E-state index in [4.69, 9.17) is 5.73 Å². The van der Waals surface area contributed by atoms with Gasteiger partial charge in [0.1, 0.15) is 5.82 Å². The molecule has 1 heterocycles. The Balaban J connectivity index is 2.06. The second kappa shape index (κ2) is 4.13. The van der Waals surface area contributed by atoms with Gasteiger partial charge in [0.15, 0.2) is 0 Å². The number of aryl methyl sites for hydroxylation is 2. The zero-order valence-corrected chi connectivity index (χ0v) is 9.58. The molecule has 0 aromatic carbocycles. The second-order valence-corrected chi connectivity index (χ2v) is 4.41. The lowest BCUT2D eigenvalue weighted by atomic mass is 10.2. The van der Waals surface area contributed by atoms with Crippen LogP contribution < -0.4 is 11.1 Å². The molecule has 3 N–H and O–H groups in total. The molecule has 1 aromatic heterocycles. The van der Waals surface area contributed by atoms with Crippen molar-refractivity contribution in [2.24, 2.45) is 13.0 Å². The van der Waals surface area contributed by atoms with Gasteiger partial charge in [0.2, 0.25) is 0 Å². The smallest absolute Gasteiger partial charge is 0.147 e. The summed E-state index contributed by atoms with van der Waals surface area (Å²) in [6.07, 6.45) is 4.76. The van der Waals surface area contributed by atoms with Crippen molar-refractivity contribution >= 4 is 11.5 Å². The van der Waals surface area contributed by atoms with E-state index in [-0.39, 0.29) is 0 Å². The van der Waals surface area contributed by atoms with Crippen molar-refractivity contribution < 1.29 is 0 Å².